The molecule has 0 aliphatic rings. The zero-order chi connectivity index (χ0) is 27.8. The van der Waals surface area contributed by atoms with E-state index in [1.165, 1.54) is 60.9 Å². The van der Waals surface area contributed by atoms with Gasteiger partial charge in [-0.15, -0.1) is 0 Å². The average molecular weight is 559 g/mol. The predicted molar refractivity (Wildman–Crippen MR) is 134 cm³/mol. The minimum absolute atomic E-state index is 0.000506. The first-order chi connectivity index (χ1) is 18.1. The molecule has 0 unspecified atom stereocenters. The molecule has 14 heteroatoms. The molecule has 0 radical (unpaired) electrons. The van der Waals surface area contributed by atoms with E-state index in [4.69, 9.17) is 43.3 Å². The van der Waals surface area contributed by atoms with E-state index in [2.05, 4.69) is 19.9 Å². The average Bonchev–Trinajstić information content (AvgIpc) is 2.88. The number of aromatic nitrogens is 4. The number of carboxylic acids is 3. The number of nitrogens with zero attached hydrogens (tertiary/aromatic N) is 4. The summed E-state index contributed by atoms with van der Waals surface area (Å²) in [6.07, 6.45) is 2.74. The van der Waals surface area contributed by atoms with Crippen molar-refractivity contribution in [1.29, 1.82) is 0 Å². The number of ether oxygens (including phenoxy) is 1. The lowest BCUT2D eigenvalue weighted by molar-refractivity contribution is 0.0686. The normalized spacial score (nSPS) is 10.2. The molecule has 12 nitrogen and oxygen atoms in total. The highest BCUT2D eigenvalue weighted by Gasteiger charge is 2.15. The summed E-state index contributed by atoms with van der Waals surface area (Å²) in [4.78, 5) is 49.2. The third kappa shape index (κ3) is 7.43. The number of halogens is 2. The van der Waals surface area contributed by atoms with Crippen LogP contribution < -0.4 is 4.74 Å². The maximum Gasteiger partial charge on any atom is 0.335 e. The molecule has 194 valence electrons. The third-order valence-electron chi connectivity index (χ3n) is 4.58. The fourth-order valence-corrected chi connectivity index (χ4v) is 3.38. The second-order valence-electron chi connectivity index (χ2n) is 7.12. The van der Waals surface area contributed by atoms with Crippen molar-refractivity contribution in [3.63, 3.8) is 0 Å². The molecule has 38 heavy (non-hydrogen) atoms. The summed E-state index contributed by atoms with van der Waals surface area (Å²) in [6.45, 7) is -0.525. The van der Waals surface area contributed by atoms with Gasteiger partial charge in [-0.3, -0.25) is 9.97 Å². The highest BCUT2D eigenvalue weighted by molar-refractivity contribution is 6.32. The lowest BCUT2D eigenvalue weighted by Crippen LogP contribution is -2.03. The van der Waals surface area contributed by atoms with E-state index in [1.807, 2.05) is 0 Å². The van der Waals surface area contributed by atoms with Crippen LogP contribution in [-0.4, -0.2) is 65.1 Å². The first kappa shape index (κ1) is 27.9. The molecule has 4 aromatic rings. The van der Waals surface area contributed by atoms with Gasteiger partial charge in [0, 0.05) is 18.5 Å². The summed E-state index contributed by atoms with van der Waals surface area (Å²) < 4.78 is 5.00. The SMILES string of the molecule is O=C(O)c1cc(Cl)nc(Cl)c1.O=C(O)c1ccnc(-c2cc(C(=O)O)cc(-c3cc(OCO)ccn3)n2)c1. The molecular weight excluding hydrogens is 543 g/mol. The highest BCUT2D eigenvalue weighted by atomic mass is 35.5. The molecule has 0 spiro atoms. The molecule has 0 atom stereocenters. The first-order valence-electron chi connectivity index (χ1n) is 10.3. The number of carboxylic acid groups (broad SMARTS) is 3. The Kier molecular flexibility index (Phi) is 9.22. The molecule has 0 saturated heterocycles. The fraction of sp³-hybridized carbons (Fsp3) is 0.0417. The van der Waals surface area contributed by atoms with Crippen LogP contribution in [0.4, 0.5) is 0 Å². The monoisotopic (exact) mass is 558 g/mol. The van der Waals surface area contributed by atoms with E-state index < -0.39 is 24.7 Å². The zero-order valence-electron chi connectivity index (χ0n) is 18.9. The Labute approximate surface area is 223 Å². The molecule has 0 bridgehead atoms. The maximum absolute atomic E-state index is 11.5. The molecule has 4 N–H and O–H groups in total. The number of aliphatic hydroxyl groups excluding tert-OH is 1. The number of hydrogen-bond acceptors (Lipinski definition) is 9. The first-order valence-corrected chi connectivity index (χ1v) is 11.0. The maximum atomic E-state index is 11.5. The van der Waals surface area contributed by atoms with Crippen molar-refractivity contribution in [2.75, 3.05) is 6.79 Å². The lowest BCUT2D eigenvalue weighted by atomic mass is 10.1. The van der Waals surface area contributed by atoms with Crippen molar-refractivity contribution >= 4 is 41.1 Å². The summed E-state index contributed by atoms with van der Waals surface area (Å²) >= 11 is 10.9. The number of pyridine rings is 4. The van der Waals surface area contributed by atoms with Gasteiger partial charge in [0.25, 0.3) is 0 Å². The van der Waals surface area contributed by atoms with E-state index in [9.17, 15) is 19.5 Å². The van der Waals surface area contributed by atoms with E-state index in [0.29, 0.717) is 11.4 Å². The molecule has 0 amide bonds. The molecule has 4 rings (SSSR count). The molecule has 0 aliphatic carbocycles. The lowest BCUT2D eigenvalue weighted by Gasteiger charge is -2.08. The largest absolute Gasteiger partial charge is 0.478 e. The van der Waals surface area contributed by atoms with Crippen molar-refractivity contribution in [2.45, 2.75) is 0 Å². The molecule has 0 aliphatic heterocycles. The van der Waals surface area contributed by atoms with Crippen molar-refractivity contribution < 1.29 is 39.5 Å². The van der Waals surface area contributed by atoms with Crippen molar-refractivity contribution in [2.24, 2.45) is 0 Å². The van der Waals surface area contributed by atoms with Gasteiger partial charge in [-0.05, 0) is 42.5 Å². The summed E-state index contributed by atoms with van der Waals surface area (Å²) in [7, 11) is 0. The molecule has 0 aromatic carbocycles. The Balaban J connectivity index is 0.000000304. The van der Waals surface area contributed by atoms with Gasteiger partial charge < -0.3 is 25.2 Å². The van der Waals surface area contributed by atoms with Crippen molar-refractivity contribution in [1.82, 2.24) is 19.9 Å². The Morgan fingerprint density at radius 2 is 1.13 bits per heavy atom. The van der Waals surface area contributed by atoms with Crippen LogP contribution in [0.2, 0.25) is 10.3 Å². The standard InChI is InChI=1S/C18H13N3O6.C6H3Cl2NO2/c22-9-27-12-2-4-20-14(8-12)16-7-11(18(25)26)6-15(21-16)13-5-10(17(23)24)1-3-19-13;7-4-1-3(6(10)11)2-5(8)9-4/h1-8,22H,9H2,(H,23,24)(H,25,26);1-2H,(H,10,11). The minimum atomic E-state index is -1.18. The van der Waals surface area contributed by atoms with Crippen LogP contribution in [0.1, 0.15) is 31.1 Å². The minimum Gasteiger partial charge on any atom is -0.478 e. The number of rotatable bonds is 7. The third-order valence-corrected chi connectivity index (χ3v) is 4.96. The van der Waals surface area contributed by atoms with Gasteiger partial charge in [0.05, 0.1) is 39.5 Å². The number of aliphatic hydroxyl groups is 1. The zero-order valence-corrected chi connectivity index (χ0v) is 20.5. The summed E-state index contributed by atoms with van der Waals surface area (Å²) in [6, 6.07) is 10.7. The van der Waals surface area contributed by atoms with Gasteiger partial charge in [-0.25, -0.2) is 24.4 Å². The Morgan fingerprint density at radius 1 is 0.658 bits per heavy atom. The summed E-state index contributed by atoms with van der Waals surface area (Å²) in [5.41, 5.74) is 0.921. The van der Waals surface area contributed by atoms with Crippen LogP contribution in [0.3, 0.4) is 0 Å². The topological polar surface area (TPSA) is 193 Å². The summed E-state index contributed by atoms with van der Waals surface area (Å²) in [5, 5.41) is 36.0. The van der Waals surface area contributed by atoms with Gasteiger partial charge in [0.2, 0.25) is 0 Å². The highest BCUT2D eigenvalue weighted by Crippen LogP contribution is 2.25. The van der Waals surface area contributed by atoms with Crippen LogP contribution in [-0.2, 0) is 0 Å². The van der Waals surface area contributed by atoms with Crippen LogP contribution in [0.5, 0.6) is 5.75 Å². The van der Waals surface area contributed by atoms with E-state index >= 15 is 0 Å². The van der Waals surface area contributed by atoms with Crippen LogP contribution in [0.25, 0.3) is 22.8 Å². The number of aromatic carboxylic acids is 3. The second-order valence-corrected chi connectivity index (χ2v) is 7.90. The van der Waals surface area contributed by atoms with Gasteiger partial charge in [-0.1, -0.05) is 23.2 Å². The van der Waals surface area contributed by atoms with Gasteiger partial charge in [0.15, 0.2) is 6.79 Å². The van der Waals surface area contributed by atoms with Crippen LogP contribution in [0, 0.1) is 0 Å². The molecule has 0 fully saturated rings. The molecule has 0 saturated carbocycles. The smallest absolute Gasteiger partial charge is 0.335 e. The Bertz CT molecular complexity index is 1500. The predicted octanol–water partition coefficient (Wildman–Crippen LogP) is 4.02. The molecular formula is C24H16Cl2N4O8. The van der Waals surface area contributed by atoms with Gasteiger partial charge in [0.1, 0.15) is 16.1 Å². The van der Waals surface area contributed by atoms with E-state index in [1.54, 1.807) is 0 Å². The quantitative estimate of drug-likeness (QED) is 0.188. The Morgan fingerprint density at radius 3 is 1.66 bits per heavy atom. The number of hydrogen-bond donors (Lipinski definition) is 4. The van der Waals surface area contributed by atoms with Crippen LogP contribution in [0.15, 0.2) is 60.9 Å². The van der Waals surface area contributed by atoms with E-state index in [0.717, 1.165) is 0 Å². The molecule has 4 aromatic heterocycles. The number of carbonyl (C=O) groups is 3. The van der Waals surface area contributed by atoms with E-state index in [-0.39, 0.29) is 44.1 Å². The summed E-state index contributed by atoms with van der Waals surface area (Å²) in [5.74, 6) is -3.06. The van der Waals surface area contributed by atoms with Crippen molar-refractivity contribution in [3.8, 4) is 28.5 Å². The second kappa shape index (κ2) is 12.5. The van der Waals surface area contributed by atoms with Gasteiger partial charge >= 0.3 is 17.9 Å². The molecule has 4 heterocycles. The van der Waals surface area contributed by atoms with Gasteiger partial charge in [-0.2, -0.15) is 0 Å². The van der Waals surface area contributed by atoms with Crippen LogP contribution >= 0.6 is 23.2 Å². The fourth-order valence-electron chi connectivity index (χ4n) is 2.92. The van der Waals surface area contributed by atoms with Crippen molar-refractivity contribution in [3.05, 3.63) is 87.9 Å². The Hall–Kier alpha value is -4.65.